The summed E-state index contributed by atoms with van der Waals surface area (Å²) in [4.78, 5) is 0.428. The van der Waals surface area contributed by atoms with Crippen LogP contribution in [-0.4, -0.2) is 0 Å². The maximum atomic E-state index is 6.32. The van der Waals surface area contributed by atoms with Crippen LogP contribution in [0.1, 0.15) is 34.4 Å². The summed E-state index contributed by atoms with van der Waals surface area (Å²) in [5.74, 6) is 0.610. The summed E-state index contributed by atoms with van der Waals surface area (Å²) >= 11 is 10.3. The normalized spacial score (nSPS) is 22.1. The van der Waals surface area contributed by atoms with Crippen LogP contribution in [0.3, 0.4) is 0 Å². The monoisotopic (exact) mass is 348 g/mol. The van der Waals surface area contributed by atoms with Crippen LogP contribution in [0.15, 0.2) is 48.5 Å². The van der Waals surface area contributed by atoms with E-state index in [4.69, 9.17) is 11.6 Å². The Bertz CT molecular complexity index is 593. The Morgan fingerprint density at radius 2 is 1.80 bits per heavy atom. The first-order valence-corrected chi connectivity index (χ1v) is 8.50. The lowest BCUT2D eigenvalue weighted by molar-refractivity contribution is 0.475. The van der Waals surface area contributed by atoms with Crippen molar-refractivity contribution in [2.45, 2.75) is 30.5 Å². The Morgan fingerprint density at radius 1 is 1.05 bits per heavy atom. The van der Waals surface area contributed by atoms with Crippen molar-refractivity contribution in [1.82, 2.24) is 0 Å². The van der Waals surface area contributed by atoms with Crippen molar-refractivity contribution >= 4 is 27.5 Å². The second kappa shape index (κ2) is 6.32. The minimum Gasteiger partial charge on any atom is -0.0840 e. The van der Waals surface area contributed by atoms with Gasteiger partial charge in [-0.1, -0.05) is 70.0 Å². The van der Waals surface area contributed by atoms with Crippen LogP contribution in [0.25, 0.3) is 0 Å². The van der Waals surface area contributed by atoms with Crippen molar-refractivity contribution in [3.05, 3.63) is 70.2 Å². The summed E-state index contributed by atoms with van der Waals surface area (Å²) in [6.07, 6.45) is 4.74. The quantitative estimate of drug-likeness (QED) is 0.463. The van der Waals surface area contributed by atoms with E-state index in [2.05, 4.69) is 52.3 Å². The molecule has 1 aliphatic rings. The summed E-state index contributed by atoms with van der Waals surface area (Å²) in [6, 6.07) is 17.0. The van der Waals surface area contributed by atoms with Crippen molar-refractivity contribution in [3.8, 4) is 0 Å². The lowest BCUT2D eigenvalue weighted by atomic mass is 9.90. The molecule has 2 unspecified atom stereocenters. The molecular weight excluding hydrogens is 332 g/mol. The van der Waals surface area contributed by atoms with E-state index < -0.39 is 0 Å². The molecule has 0 spiro atoms. The zero-order chi connectivity index (χ0) is 13.9. The maximum Gasteiger partial charge on any atom is 0.0438 e. The van der Waals surface area contributed by atoms with Crippen LogP contribution in [-0.2, 0) is 12.8 Å². The highest BCUT2D eigenvalue weighted by molar-refractivity contribution is 9.09. The number of alkyl halides is 1. The molecule has 104 valence electrons. The van der Waals surface area contributed by atoms with E-state index in [1.807, 2.05) is 12.1 Å². The third kappa shape index (κ3) is 2.94. The summed E-state index contributed by atoms with van der Waals surface area (Å²) in [6.45, 7) is 0. The highest BCUT2D eigenvalue weighted by Crippen LogP contribution is 2.41. The molecule has 0 fully saturated rings. The number of aryl methyl sites for hydroxylation is 1. The van der Waals surface area contributed by atoms with E-state index in [0.29, 0.717) is 10.7 Å². The Hall–Kier alpha value is -0.790. The van der Waals surface area contributed by atoms with Crippen LogP contribution in [0.5, 0.6) is 0 Å². The van der Waals surface area contributed by atoms with Gasteiger partial charge < -0.3 is 0 Å². The number of hydrogen-bond acceptors (Lipinski definition) is 0. The maximum absolute atomic E-state index is 6.32. The first-order chi connectivity index (χ1) is 9.75. The Labute approximate surface area is 134 Å². The van der Waals surface area contributed by atoms with Crippen molar-refractivity contribution in [2.75, 3.05) is 0 Å². The molecule has 0 heterocycles. The van der Waals surface area contributed by atoms with E-state index in [1.54, 1.807) is 0 Å². The molecule has 0 bridgehead atoms. The topological polar surface area (TPSA) is 0 Å². The van der Waals surface area contributed by atoms with Gasteiger partial charge in [0.15, 0.2) is 0 Å². The Balaban J connectivity index is 1.86. The Kier molecular flexibility index (Phi) is 4.48. The van der Waals surface area contributed by atoms with Gasteiger partial charge in [-0.15, -0.1) is 0 Å². The fraction of sp³-hybridized carbons (Fsp3) is 0.333. The average Bonchev–Trinajstić information content (AvgIpc) is 2.62. The third-order valence-electron chi connectivity index (χ3n) is 4.23. The molecule has 0 radical (unpaired) electrons. The molecule has 2 heteroatoms. The molecule has 0 aromatic heterocycles. The van der Waals surface area contributed by atoms with Gasteiger partial charge in [0.2, 0.25) is 0 Å². The number of halogens is 2. The molecule has 0 aliphatic heterocycles. The van der Waals surface area contributed by atoms with Gasteiger partial charge in [0.1, 0.15) is 0 Å². The predicted octanol–water partition coefficient (Wildman–Crippen LogP) is 5.97. The standard InChI is InChI=1S/C18H18BrCl/c19-18-15(12-14-7-2-4-11-17(14)20)9-5-8-13-6-1-3-10-16(13)18/h1-4,6-7,10-11,15,18H,5,8-9,12H2. The molecule has 0 amide bonds. The van der Waals surface area contributed by atoms with Gasteiger partial charge in [0.05, 0.1) is 0 Å². The molecule has 0 nitrogen and oxygen atoms in total. The van der Waals surface area contributed by atoms with Gasteiger partial charge in [-0.05, 0) is 54.4 Å². The second-order valence-corrected chi connectivity index (χ2v) is 6.94. The number of benzene rings is 2. The number of fused-ring (bicyclic) bond motifs is 1. The van der Waals surface area contributed by atoms with Crippen molar-refractivity contribution in [1.29, 1.82) is 0 Å². The minimum atomic E-state index is 0.428. The largest absolute Gasteiger partial charge is 0.0840 e. The molecule has 2 aromatic rings. The molecule has 3 rings (SSSR count). The van der Waals surface area contributed by atoms with E-state index >= 15 is 0 Å². The van der Waals surface area contributed by atoms with Crippen molar-refractivity contribution in [2.24, 2.45) is 5.92 Å². The fourth-order valence-electron chi connectivity index (χ4n) is 3.14. The highest BCUT2D eigenvalue weighted by Gasteiger charge is 2.26. The molecule has 2 atom stereocenters. The zero-order valence-corrected chi connectivity index (χ0v) is 13.7. The van der Waals surface area contributed by atoms with E-state index in [0.717, 1.165) is 11.4 Å². The van der Waals surface area contributed by atoms with Crippen LogP contribution in [0.2, 0.25) is 5.02 Å². The number of rotatable bonds is 2. The molecule has 0 saturated carbocycles. The minimum absolute atomic E-state index is 0.428. The number of hydrogen-bond donors (Lipinski definition) is 0. The van der Waals surface area contributed by atoms with Gasteiger partial charge in [-0.3, -0.25) is 0 Å². The second-order valence-electron chi connectivity index (χ2n) is 5.55. The molecule has 20 heavy (non-hydrogen) atoms. The fourth-order valence-corrected chi connectivity index (χ4v) is 4.25. The van der Waals surface area contributed by atoms with E-state index in [9.17, 15) is 0 Å². The van der Waals surface area contributed by atoms with Gasteiger partial charge >= 0.3 is 0 Å². The molecule has 1 aliphatic carbocycles. The molecule has 2 aromatic carbocycles. The summed E-state index contributed by atoms with van der Waals surface area (Å²) < 4.78 is 0. The smallest absolute Gasteiger partial charge is 0.0438 e. The van der Waals surface area contributed by atoms with Gasteiger partial charge in [0, 0.05) is 9.85 Å². The zero-order valence-electron chi connectivity index (χ0n) is 11.4. The first-order valence-electron chi connectivity index (χ1n) is 7.21. The first kappa shape index (κ1) is 14.2. The summed E-state index contributed by atoms with van der Waals surface area (Å²) in [5, 5.41) is 0.893. The lowest BCUT2D eigenvalue weighted by Gasteiger charge is -2.22. The molecule has 0 N–H and O–H groups in total. The van der Waals surface area contributed by atoms with Crippen LogP contribution in [0.4, 0.5) is 0 Å². The summed E-state index contributed by atoms with van der Waals surface area (Å²) in [7, 11) is 0. The predicted molar refractivity (Wildman–Crippen MR) is 89.7 cm³/mol. The van der Waals surface area contributed by atoms with Crippen LogP contribution < -0.4 is 0 Å². The van der Waals surface area contributed by atoms with E-state index in [-0.39, 0.29) is 0 Å². The SMILES string of the molecule is Clc1ccccc1CC1CCCc2ccccc2C1Br. The van der Waals surface area contributed by atoms with Gasteiger partial charge in [-0.25, -0.2) is 0 Å². The van der Waals surface area contributed by atoms with Gasteiger partial charge in [-0.2, -0.15) is 0 Å². The molecular formula is C18H18BrCl. The Morgan fingerprint density at radius 3 is 2.65 bits per heavy atom. The van der Waals surface area contributed by atoms with Gasteiger partial charge in [0.25, 0.3) is 0 Å². The highest BCUT2D eigenvalue weighted by atomic mass is 79.9. The lowest BCUT2D eigenvalue weighted by Crippen LogP contribution is -2.10. The van der Waals surface area contributed by atoms with Crippen LogP contribution in [0, 0.1) is 5.92 Å². The third-order valence-corrected chi connectivity index (χ3v) is 5.84. The molecule has 0 saturated heterocycles. The summed E-state index contributed by atoms with van der Waals surface area (Å²) in [5.41, 5.74) is 4.22. The van der Waals surface area contributed by atoms with Crippen molar-refractivity contribution in [3.63, 3.8) is 0 Å². The van der Waals surface area contributed by atoms with Crippen LogP contribution >= 0.6 is 27.5 Å². The average molecular weight is 350 g/mol. The van der Waals surface area contributed by atoms with E-state index in [1.165, 1.54) is 36.0 Å². The van der Waals surface area contributed by atoms with Crippen molar-refractivity contribution < 1.29 is 0 Å².